The quantitative estimate of drug-likeness (QED) is 0.682. The smallest absolute Gasteiger partial charge is 0.321 e. The van der Waals surface area contributed by atoms with Crippen molar-refractivity contribution in [1.82, 2.24) is 20.3 Å². The summed E-state index contributed by atoms with van der Waals surface area (Å²) in [6.07, 6.45) is 5.23. The van der Waals surface area contributed by atoms with Gasteiger partial charge in [-0.2, -0.15) is 0 Å². The van der Waals surface area contributed by atoms with Crippen LogP contribution in [0.2, 0.25) is 0 Å². The van der Waals surface area contributed by atoms with E-state index in [1.807, 2.05) is 25.1 Å². The fourth-order valence-electron chi connectivity index (χ4n) is 2.97. The van der Waals surface area contributed by atoms with E-state index in [0.29, 0.717) is 41.1 Å². The van der Waals surface area contributed by atoms with Crippen molar-refractivity contribution in [1.29, 1.82) is 0 Å². The monoisotopic (exact) mass is 399 g/mol. The molecule has 0 unspecified atom stereocenters. The van der Waals surface area contributed by atoms with Crippen LogP contribution < -0.4 is 15.4 Å². The number of amides is 2. The highest BCUT2D eigenvalue weighted by atomic mass is 32.1. The maximum absolute atomic E-state index is 11.8. The second-order valence-corrected chi connectivity index (χ2v) is 7.32. The number of anilines is 1. The fourth-order valence-corrected chi connectivity index (χ4v) is 3.78. The van der Waals surface area contributed by atoms with Gasteiger partial charge in [0.1, 0.15) is 16.5 Å². The maximum Gasteiger partial charge on any atom is 0.321 e. The molecule has 0 atom stereocenters. The summed E-state index contributed by atoms with van der Waals surface area (Å²) in [5.41, 5.74) is 2.45. The van der Waals surface area contributed by atoms with Crippen LogP contribution >= 0.6 is 11.3 Å². The molecule has 1 aliphatic rings. The van der Waals surface area contributed by atoms with E-state index in [1.165, 1.54) is 11.3 Å². The van der Waals surface area contributed by atoms with Crippen LogP contribution in [0.4, 0.5) is 9.93 Å². The summed E-state index contributed by atoms with van der Waals surface area (Å²) < 4.78 is 11.7. The number of pyridine rings is 2. The second-order valence-electron chi connectivity index (χ2n) is 6.34. The summed E-state index contributed by atoms with van der Waals surface area (Å²) >= 11 is 1.32. The standard InChI is InChI=1S/C19H21N5O3S/c1-2-21-18(25)24-19-22-15-10-14(12-4-3-7-20-11-12)16(23-17(15)28-19)27-13-5-8-26-9-6-13/h3-4,7,10-11,13H,2,5-6,8-9H2,1H3,(H2,21,22,24,25). The lowest BCUT2D eigenvalue weighted by molar-refractivity contribution is 0.0241. The SMILES string of the molecule is CCNC(=O)Nc1nc2cc(-c3cccnc3)c(OC3CCOCC3)nc2s1. The number of fused-ring (bicyclic) bond motifs is 1. The summed E-state index contributed by atoms with van der Waals surface area (Å²) in [6, 6.07) is 5.49. The van der Waals surface area contributed by atoms with Crippen LogP contribution in [-0.2, 0) is 4.74 Å². The molecule has 4 rings (SSSR count). The van der Waals surface area contributed by atoms with Gasteiger partial charge in [-0.15, -0.1) is 0 Å². The summed E-state index contributed by atoms with van der Waals surface area (Å²) in [5.74, 6) is 0.556. The van der Waals surface area contributed by atoms with Crippen molar-refractivity contribution in [3.8, 4) is 17.0 Å². The summed E-state index contributed by atoms with van der Waals surface area (Å²) in [6.45, 7) is 3.79. The molecule has 0 bridgehead atoms. The number of aromatic nitrogens is 3. The molecular formula is C19H21N5O3S. The molecule has 146 valence electrons. The zero-order chi connectivity index (χ0) is 19.3. The Balaban J connectivity index is 1.70. The van der Waals surface area contributed by atoms with Gasteiger partial charge in [-0.3, -0.25) is 10.3 Å². The highest BCUT2D eigenvalue weighted by Gasteiger charge is 2.20. The predicted molar refractivity (Wildman–Crippen MR) is 108 cm³/mol. The molecular weight excluding hydrogens is 378 g/mol. The van der Waals surface area contributed by atoms with Crippen molar-refractivity contribution in [2.75, 3.05) is 25.1 Å². The Kier molecular flexibility index (Phi) is 5.63. The number of hydrogen-bond donors (Lipinski definition) is 2. The minimum Gasteiger partial charge on any atom is -0.474 e. The van der Waals surface area contributed by atoms with Gasteiger partial charge < -0.3 is 14.8 Å². The normalized spacial score (nSPS) is 14.8. The first-order valence-electron chi connectivity index (χ1n) is 9.24. The first-order valence-corrected chi connectivity index (χ1v) is 10.1. The van der Waals surface area contributed by atoms with Gasteiger partial charge in [-0.05, 0) is 19.1 Å². The Morgan fingerprint density at radius 3 is 2.96 bits per heavy atom. The Morgan fingerprint density at radius 1 is 1.36 bits per heavy atom. The van der Waals surface area contributed by atoms with Crippen molar-refractivity contribution in [2.24, 2.45) is 0 Å². The third kappa shape index (κ3) is 4.20. The molecule has 0 aliphatic carbocycles. The molecule has 8 nitrogen and oxygen atoms in total. The Hall–Kier alpha value is -2.78. The number of nitrogens with one attached hydrogen (secondary N) is 2. The number of hydrogen-bond acceptors (Lipinski definition) is 7. The molecule has 9 heteroatoms. The van der Waals surface area contributed by atoms with E-state index < -0.39 is 0 Å². The molecule has 0 spiro atoms. The van der Waals surface area contributed by atoms with Crippen LogP contribution in [0.5, 0.6) is 5.88 Å². The van der Waals surface area contributed by atoms with Gasteiger partial charge in [0.05, 0.1) is 13.2 Å². The second kappa shape index (κ2) is 8.49. The molecule has 28 heavy (non-hydrogen) atoms. The Bertz CT molecular complexity index is 957. The van der Waals surface area contributed by atoms with Crippen LogP contribution in [0.25, 0.3) is 21.5 Å². The summed E-state index contributed by atoms with van der Waals surface area (Å²) in [4.78, 5) is 25.9. The molecule has 0 radical (unpaired) electrons. The molecule has 2 N–H and O–H groups in total. The zero-order valence-electron chi connectivity index (χ0n) is 15.5. The third-order valence-electron chi connectivity index (χ3n) is 4.33. The lowest BCUT2D eigenvalue weighted by atomic mass is 10.1. The Morgan fingerprint density at radius 2 is 2.21 bits per heavy atom. The maximum atomic E-state index is 11.8. The molecule has 0 saturated carbocycles. The molecule has 2 amide bonds. The van der Waals surface area contributed by atoms with E-state index >= 15 is 0 Å². The Labute approximate surface area is 166 Å². The third-order valence-corrected chi connectivity index (χ3v) is 5.21. The summed E-state index contributed by atoms with van der Waals surface area (Å²) in [5, 5.41) is 5.93. The van der Waals surface area contributed by atoms with Gasteiger partial charge in [-0.1, -0.05) is 17.4 Å². The van der Waals surface area contributed by atoms with E-state index in [9.17, 15) is 4.79 Å². The van der Waals surface area contributed by atoms with Crippen LogP contribution in [0.1, 0.15) is 19.8 Å². The van der Waals surface area contributed by atoms with Crippen molar-refractivity contribution in [3.63, 3.8) is 0 Å². The average molecular weight is 399 g/mol. The zero-order valence-corrected chi connectivity index (χ0v) is 16.3. The first-order chi connectivity index (χ1) is 13.7. The molecule has 1 saturated heterocycles. The highest BCUT2D eigenvalue weighted by Crippen LogP contribution is 2.35. The van der Waals surface area contributed by atoms with E-state index in [2.05, 4.69) is 20.6 Å². The van der Waals surface area contributed by atoms with Gasteiger partial charge >= 0.3 is 6.03 Å². The van der Waals surface area contributed by atoms with Gasteiger partial charge in [0.25, 0.3) is 0 Å². The van der Waals surface area contributed by atoms with E-state index in [0.717, 1.165) is 24.0 Å². The van der Waals surface area contributed by atoms with E-state index in [1.54, 1.807) is 12.4 Å². The number of carbonyl (C=O) groups excluding carboxylic acids is 1. The highest BCUT2D eigenvalue weighted by molar-refractivity contribution is 7.22. The van der Waals surface area contributed by atoms with Crippen LogP contribution in [0.15, 0.2) is 30.6 Å². The number of rotatable bonds is 5. The topological polar surface area (TPSA) is 98.3 Å². The molecule has 3 aromatic heterocycles. The van der Waals surface area contributed by atoms with Gasteiger partial charge in [-0.25, -0.2) is 14.8 Å². The number of urea groups is 1. The molecule has 3 aromatic rings. The largest absolute Gasteiger partial charge is 0.474 e. The average Bonchev–Trinajstić information content (AvgIpc) is 3.10. The van der Waals surface area contributed by atoms with Crippen molar-refractivity contribution in [2.45, 2.75) is 25.9 Å². The molecule has 4 heterocycles. The van der Waals surface area contributed by atoms with Crippen LogP contribution in [-0.4, -0.2) is 46.8 Å². The van der Waals surface area contributed by atoms with Crippen LogP contribution in [0.3, 0.4) is 0 Å². The number of nitrogens with zero attached hydrogens (tertiary/aromatic N) is 3. The van der Waals surface area contributed by atoms with Gasteiger partial charge in [0.2, 0.25) is 5.88 Å². The minimum absolute atomic E-state index is 0.0648. The number of carbonyl (C=O) groups is 1. The lowest BCUT2D eigenvalue weighted by Crippen LogP contribution is -2.28. The van der Waals surface area contributed by atoms with E-state index in [-0.39, 0.29) is 12.1 Å². The van der Waals surface area contributed by atoms with Crippen LogP contribution in [0, 0.1) is 0 Å². The van der Waals surface area contributed by atoms with Gasteiger partial charge in [0, 0.05) is 42.9 Å². The van der Waals surface area contributed by atoms with Crippen molar-refractivity contribution < 1.29 is 14.3 Å². The summed E-state index contributed by atoms with van der Waals surface area (Å²) in [7, 11) is 0. The first kappa shape index (κ1) is 18.6. The van der Waals surface area contributed by atoms with E-state index in [4.69, 9.17) is 14.5 Å². The number of thiazole rings is 1. The fraction of sp³-hybridized carbons (Fsp3) is 0.368. The van der Waals surface area contributed by atoms with Crippen molar-refractivity contribution >= 4 is 32.8 Å². The lowest BCUT2D eigenvalue weighted by Gasteiger charge is -2.23. The van der Waals surface area contributed by atoms with Crippen molar-refractivity contribution in [3.05, 3.63) is 30.6 Å². The predicted octanol–water partition coefficient (Wildman–Crippen LogP) is 3.45. The molecule has 0 aromatic carbocycles. The minimum atomic E-state index is -0.285. The molecule has 1 fully saturated rings. The van der Waals surface area contributed by atoms with Gasteiger partial charge in [0.15, 0.2) is 5.13 Å². The number of ether oxygens (including phenoxy) is 2. The molecule has 1 aliphatic heterocycles.